The van der Waals surface area contributed by atoms with Gasteiger partial charge in [0.15, 0.2) is 5.78 Å². The van der Waals surface area contributed by atoms with Crippen LogP contribution in [-0.4, -0.2) is 30.7 Å². The normalized spacial score (nSPS) is 10.5. The molecule has 0 atom stereocenters. The maximum atomic E-state index is 12.4. The van der Waals surface area contributed by atoms with Crippen molar-refractivity contribution in [1.29, 1.82) is 0 Å². The van der Waals surface area contributed by atoms with E-state index >= 15 is 0 Å². The Morgan fingerprint density at radius 2 is 1.84 bits per heavy atom. The third-order valence-corrected chi connectivity index (χ3v) is 3.33. The van der Waals surface area contributed by atoms with Crippen molar-refractivity contribution in [2.24, 2.45) is 0 Å². The van der Waals surface area contributed by atoms with Gasteiger partial charge < -0.3 is 15.0 Å². The number of nitrogens with zero attached hydrogens (tertiary/aromatic N) is 1. The molecule has 0 aliphatic heterocycles. The van der Waals surface area contributed by atoms with Crippen LogP contribution in [0.5, 0.6) is 5.75 Å². The van der Waals surface area contributed by atoms with E-state index in [0.717, 1.165) is 5.56 Å². The number of hydrogen-bond donors (Lipinski definition) is 1. The molecule has 0 radical (unpaired) electrons. The van der Waals surface area contributed by atoms with E-state index in [1.807, 2.05) is 44.4 Å². The van der Waals surface area contributed by atoms with Crippen LogP contribution >= 0.6 is 0 Å². The molecule has 0 fully saturated rings. The van der Waals surface area contributed by atoms with Gasteiger partial charge in [-0.3, -0.25) is 9.59 Å². The van der Waals surface area contributed by atoms with E-state index in [1.165, 1.54) is 13.0 Å². The lowest BCUT2D eigenvalue weighted by Crippen LogP contribution is -2.08. The van der Waals surface area contributed by atoms with Gasteiger partial charge in [-0.15, -0.1) is 0 Å². The molecule has 0 aliphatic rings. The molecule has 25 heavy (non-hydrogen) atoms. The second kappa shape index (κ2) is 8.68. The molecular formula is C20H22N2O3. The third-order valence-electron chi connectivity index (χ3n) is 3.33. The van der Waals surface area contributed by atoms with Gasteiger partial charge >= 0.3 is 0 Å². The Bertz CT molecular complexity index is 768. The summed E-state index contributed by atoms with van der Waals surface area (Å²) in [6, 6.07) is 14.7. The Balaban J connectivity index is 2.27. The second-order valence-corrected chi connectivity index (χ2v) is 5.81. The lowest BCUT2D eigenvalue weighted by atomic mass is 10.1. The van der Waals surface area contributed by atoms with Gasteiger partial charge in [-0.1, -0.05) is 30.3 Å². The van der Waals surface area contributed by atoms with E-state index in [4.69, 9.17) is 4.74 Å². The smallest absolute Gasteiger partial charge is 0.221 e. The Morgan fingerprint density at radius 3 is 2.48 bits per heavy atom. The van der Waals surface area contributed by atoms with E-state index in [0.29, 0.717) is 23.6 Å². The number of carbonyl (C=O) groups is 2. The number of ketones is 1. The number of hydrogen-bond acceptors (Lipinski definition) is 4. The SMILES string of the molecule is CC(=O)Nc1ccc(C(=O)C=CN(C)C)c(OCc2ccccc2)c1. The summed E-state index contributed by atoms with van der Waals surface area (Å²) in [6.07, 6.45) is 3.17. The highest BCUT2D eigenvalue weighted by Gasteiger charge is 2.12. The van der Waals surface area contributed by atoms with E-state index < -0.39 is 0 Å². The fraction of sp³-hybridized carbons (Fsp3) is 0.200. The Labute approximate surface area is 147 Å². The molecule has 1 N–H and O–H groups in total. The van der Waals surface area contributed by atoms with Crippen LogP contribution in [0.25, 0.3) is 0 Å². The lowest BCUT2D eigenvalue weighted by Gasteiger charge is -2.13. The summed E-state index contributed by atoms with van der Waals surface area (Å²) in [7, 11) is 3.69. The standard InChI is InChI=1S/C20H22N2O3/c1-15(23)21-17-9-10-18(19(24)11-12-22(2)3)20(13-17)25-14-16-7-5-4-6-8-16/h4-13H,14H2,1-3H3,(H,21,23). The van der Waals surface area contributed by atoms with Gasteiger partial charge in [-0.2, -0.15) is 0 Å². The minimum absolute atomic E-state index is 0.161. The molecule has 0 spiro atoms. The summed E-state index contributed by atoms with van der Waals surface area (Å²) >= 11 is 0. The second-order valence-electron chi connectivity index (χ2n) is 5.81. The Kier molecular flexibility index (Phi) is 6.34. The zero-order valence-electron chi connectivity index (χ0n) is 14.7. The Hall–Kier alpha value is -3.08. The molecule has 0 aliphatic carbocycles. The van der Waals surface area contributed by atoms with E-state index in [9.17, 15) is 9.59 Å². The Morgan fingerprint density at radius 1 is 1.12 bits per heavy atom. The van der Waals surface area contributed by atoms with Crippen molar-refractivity contribution in [1.82, 2.24) is 4.90 Å². The van der Waals surface area contributed by atoms with Crippen molar-refractivity contribution in [3.05, 3.63) is 71.9 Å². The van der Waals surface area contributed by atoms with E-state index in [1.54, 1.807) is 29.3 Å². The molecule has 1 amide bonds. The number of ether oxygens (including phenoxy) is 1. The summed E-state index contributed by atoms with van der Waals surface area (Å²) in [4.78, 5) is 25.5. The predicted molar refractivity (Wildman–Crippen MR) is 98.7 cm³/mol. The number of nitrogens with one attached hydrogen (secondary N) is 1. The van der Waals surface area contributed by atoms with Crippen molar-refractivity contribution in [2.75, 3.05) is 19.4 Å². The van der Waals surface area contributed by atoms with Crippen LogP contribution in [0.15, 0.2) is 60.8 Å². The van der Waals surface area contributed by atoms with E-state index in [2.05, 4.69) is 5.32 Å². The number of allylic oxidation sites excluding steroid dienone is 1. The third kappa shape index (κ3) is 5.80. The van der Waals surface area contributed by atoms with Crippen LogP contribution in [0.3, 0.4) is 0 Å². The van der Waals surface area contributed by atoms with Crippen LogP contribution in [0.4, 0.5) is 5.69 Å². The maximum Gasteiger partial charge on any atom is 0.221 e. The van der Waals surface area contributed by atoms with Crippen LogP contribution in [-0.2, 0) is 11.4 Å². The number of anilines is 1. The quantitative estimate of drug-likeness (QED) is 0.620. The zero-order valence-corrected chi connectivity index (χ0v) is 14.7. The minimum atomic E-state index is -0.180. The first-order valence-electron chi connectivity index (χ1n) is 7.93. The topological polar surface area (TPSA) is 58.6 Å². The van der Waals surface area contributed by atoms with Crippen LogP contribution in [0.2, 0.25) is 0 Å². The molecule has 0 saturated carbocycles. The van der Waals surface area contributed by atoms with Crippen molar-refractivity contribution in [3.63, 3.8) is 0 Å². The van der Waals surface area contributed by atoms with Gasteiger partial charge in [-0.05, 0) is 17.7 Å². The van der Waals surface area contributed by atoms with Gasteiger partial charge in [0.2, 0.25) is 5.91 Å². The van der Waals surface area contributed by atoms with Crippen molar-refractivity contribution in [2.45, 2.75) is 13.5 Å². The number of rotatable bonds is 7. The monoisotopic (exact) mass is 338 g/mol. The molecule has 0 unspecified atom stereocenters. The molecular weight excluding hydrogens is 316 g/mol. The zero-order chi connectivity index (χ0) is 18.2. The van der Waals surface area contributed by atoms with Gasteiger partial charge in [0.05, 0.1) is 5.56 Å². The molecule has 0 bridgehead atoms. The van der Waals surface area contributed by atoms with Crippen molar-refractivity contribution < 1.29 is 14.3 Å². The highest BCUT2D eigenvalue weighted by molar-refractivity contribution is 6.07. The highest BCUT2D eigenvalue weighted by Crippen LogP contribution is 2.25. The van der Waals surface area contributed by atoms with Gasteiger partial charge in [0.1, 0.15) is 12.4 Å². The summed E-state index contributed by atoms with van der Waals surface area (Å²) in [5.74, 6) is 0.0928. The van der Waals surface area contributed by atoms with Gasteiger partial charge in [-0.25, -0.2) is 0 Å². The largest absolute Gasteiger partial charge is 0.488 e. The lowest BCUT2D eigenvalue weighted by molar-refractivity contribution is -0.114. The molecule has 2 aromatic carbocycles. The van der Waals surface area contributed by atoms with E-state index in [-0.39, 0.29) is 11.7 Å². The predicted octanol–water partition coefficient (Wildman–Crippen LogP) is 3.48. The van der Waals surface area contributed by atoms with Crippen LogP contribution < -0.4 is 10.1 Å². The van der Waals surface area contributed by atoms with Gasteiger partial charge in [0.25, 0.3) is 0 Å². The maximum absolute atomic E-state index is 12.4. The molecule has 130 valence electrons. The van der Waals surface area contributed by atoms with Crippen LogP contribution in [0.1, 0.15) is 22.8 Å². The van der Waals surface area contributed by atoms with Crippen LogP contribution in [0, 0.1) is 0 Å². The number of amides is 1. The fourth-order valence-electron chi connectivity index (χ4n) is 2.17. The fourth-order valence-corrected chi connectivity index (χ4v) is 2.17. The van der Waals surface area contributed by atoms with Crippen molar-refractivity contribution in [3.8, 4) is 5.75 Å². The average Bonchev–Trinajstić information content (AvgIpc) is 2.58. The molecule has 2 aromatic rings. The number of benzene rings is 2. The number of carbonyl (C=O) groups excluding carboxylic acids is 2. The summed E-state index contributed by atoms with van der Waals surface area (Å²) in [5.41, 5.74) is 2.03. The molecule has 5 nitrogen and oxygen atoms in total. The molecule has 0 heterocycles. The molecule has 0 saturated heterocycles. The minimum Gasteiger partial charge on any atom is -0.488 e. The molecule has 5 heteroatoms. The first-order valence-corrected chi connectivity index (χ1v) is 7.93. The first-order chi connectivity index (χ1) is 12.0. The first kappa shape index (κ1) is 18.3. The summed E-state index contributed by atoms with van der Waals surface area (Å²) in [6.45, 7) is 1.77. The van der Waals surface area contributed by atoms with Crippen molar-refractivity contribution >= 4 is 17.4 Å². The van der Waals surface area contributed by atoms with Gasteiger partial charge in [0, 0.05) is 45.0 Å². The average molecular weight is 338 g/mol. The summed E-state index contributed by atoms with van der Waals surface area (Å²) in [5, 5.41) is 2.70. The molecule has 2 rings (SSSR count). The molecule has 0 aromatic heterocycles. The summed E-state index contributed by atoms with van der Waals surface area (Å²) < 4.78 is 5.85. The highest BCUT2D eigenvalue weighted by atomic mass is 16.5.